The minimum atomic E-state index is -0.258. The van der Waals surface area contributed by atoms with Gasteiger partial charge in [0.2, 0.25) is 5.91 Å². The highest BCUT2D eigenvalue weighted by Gasteiger charge is 2.19. The first-order valence-corrected chi connectivity index (χ1v) is 7.10. The molecule has 0 rings (SSSR count). The molecular formula is C12H23NO3S. The number of ether oxygens (including phenoxy) is 1. The van der Waals surface area contributed by atoms with Crippen molar-refractivity contribution >= 4 is 23.6 Å². The molecule has 0 atom stereocenters. The van der Waals surface area contributed by atoms with Crippen molar-refractivity contribution in [2.24, 2.45) is 0 Å². The molecule has 0 fully saturated rings. The lowest BCUT2D eigenvalue weighted by atomic mass is 10.2. The fourth-order valence-corrected chi connectivity index (χ4v) is 2.35. The van der Waals surface area contributed by atoms with Gasteiger partial charge in [-0.25, -0.2) is 0 Å². The van der Waals surface area contributed by atoms with E-state index in [-0.39, 0.29) is 29.7 Å². The van der Waals surface area contributed by atoms with Gasteiger partial charge in [-0.3, -0.25) is 9.59 Å². The van der Waals surface area contributed by atoms with Crippen LogP contribution in [0.3, 0.4) is 0 Å². The van der Waals surface area contributed by atoms with Crippen molar-refractivity contribution in [3.05, 3.63) is 0 Å². The third kappa shape index (κ3) is 6.56. The molecule has 0 radical (unpaired) electrons. The summed E-state index contributed by atoms with van der Waals surface area (Å²) in [6, 6.07) is 0.372. The van der Waals surface area contributed by atoms with Gasteiger partial charge in [0.15, 0.2) is 0 Å². The van der Waals surface area contributed by atoms with Gasteiger partial charge in [0.1, 0.15) is 0 Å². The maximum atomic E-state index is 11.9. The Morgan fingerprint density at radius 3 is 2.06 bits per heavy atom. The fourth-order valence-electron chi connectivity index (χ4n) is 1.67. The number of hydrogen-bond donors (Lipinski definition) is 0. The van der Waals surface area contributed by atoms with Crippen LogP contribution in [0.4, 0.5) is 0 Å². The van der Waals surface area contributed by atoms with Crippen LogP contribution in [-0.2, 0) is 14.3 Å². The Morgan fingerprint density at radius 1 is 1.12 bits per heavy atom. The molecule has 0 bridgehead atoms. The number of hydrogen-bond acceptors (Lipinski definition) is 4. The second-order valence-corrected chi connectivity index (χ2v) is 5.27. The first-order chi connectivity index (χ1) is 7.90. The molecule has 0 saturated heterocycles. The Morgan fingerprint density at radius 2 is 1.65 bits per heavy atom. The van der Waals surface area contributed by atoms with E-state index in [0.717, 1.165) is 0 Å². The van der Waals surface area contributed by atoms with E-state index < -0.39 is 0 Å². The monoisotopic (exact) mass is 261 g/mol. The van der Waals surface area contributed by atoms with E-state index >= 15 is 0 Å². The molecule has 0 unspecified atom stereocenters. The molecule has 0 N–H and O–H groups in total. The minimum Gasteiger partial charge on any atom is -0.465 e. The number of carbonyl (C=O) groups excluding carboxylic acids is 2. The van der Waals surface area contributed by atoms with Crippen LogP contribution in [0.5, 0.6) is 0 Å². The Balaban J connectivity index is 4.03. The number of nitrogens with zero attached hydrogens (tertiary/aromatic N) is 1. The molecule has 0 spiro atoms. The molecule has 0 aliphatic rings. The highest BCUT2D eigenvalue weighted by Crippen LogP contribution is 2.10. The van der Waals surface area contributed by atoms with E-state index in [0.29, 0.717) is 12.4 Å². The maximum Gasteiger partial charge on any atom is 0.315 e. The highest BCUT2D eigenvalue weighted by atomic mass is 32.2. The molecule has 0 saturated carbocycles. The Labute approximate surface area is 108 Å². The summed E-state index contributed by atoms with van der Waals surface area (Å²) in [7, 11) is 0. The lowest BCUT2D eigenvalue weighted by Gasteiger charge is -2.30. The van der Waals surface area contributed by atoms with Gasteiger partial charge in [-0.2, -0.15) is 0 Å². The summed E-state index contributed by atoms with van der Waals surface area (Å²) in [5.74, 6) is 0.383. The number of thioether (sulfide) groups is 1. The van der Waals surface area contributed by atoms with Crippen molar-refractivity contribution in [2.45, 2.75) is 46.7 Å². The zero-order valence-corrected chi connectivity index (χ0v) is 12.2. The number of rotatable bonds is 7. The first-order valence-electron chi connectivity index (χ1n) is 5.94. The summed E-state index contributed by atoms with van der Waals surface area (Å²) >= 11 is 1.31. The Bertz CT molecular complexity index is 246. The predicted molar refractivity (Wildman–Crippen MR) is 71.1 cm³/mol. The molecule has 100 valence electrons. The molecule has 0 aliphatic heterocycles. The molecule has 0 aromatic carbocycles. The summed E-state index contributed by atoms with van der Waals surface area (Å²) < 4.78 is 4.79. The van der Waals surface area contributed by atoms with E-state index in [2.05, 4.69) is 0 Å². The van der Waals surface area contributed by atoms with Crippen molar-refractivity contribution in [1.82, 2.24) is 4.90 Å². The molecule has 0 aromatic rings. The second kappa shape index (κ2) is 8.39. The van der Waals surface area contributed by atoms with Crippen molar-refractivity contribution < 1.29 is 14.3 Å². The van der Waals surface area contributed by atoms with Crippen molar-refractivity contribution in [3.8, 4) is 0 Å². The molecular weight excluding hydrogens is 238 g/mol. The van der Waals surface area contributed by atoms with Crippen molar-refractivity contribution in [1.29, 1.82) is 0 Å². The standard InChI is InChI=1S/C12H23NO3S/c1-6-16-12(15)8-17-7-11(14)13(9(2)3)10(4)5/h9-10H,6-8H2,1-5H3. The third-order valence-corrected chi connectivity index (χ3v) is 3.04. The smallest absolute Gasteiger partial charge is 0.315 e. The molecule has 4 nitrogen and oxygen atoms in total. The van der Waals surface area contributed by atoms with Gasteiger partial charge >= 0.3 is 5.97 Å². The Kier molecular flexibility index (Phi) is 8.04. The van der Waals surface area contributed by atoms with Crippen LogP contribution in [0.2, 0.25) is 0 Å². The van der Waals surface area contributed by atoms with Crippen LogP contribution < -0.4 is 0 Å². The zero-order chi connectivity index (χ0) is 13.4. The van der Waals surface area contributed by atoms with Crippen molar-refractivity contribution in [3.63, 3.8) is 0 Å². The lowest BCUT2D eigenvalue weighted by molar-refractivity contribution is -0.139. The number of amides is 1. The summed E-state index contributed by atoms with van der Waals surface area (Å²) in [6.45, 7) is 10.1. The molecule has 1 amide bonds. The van der Waals surface area contributed by atoms with Gasteiger partial charge in [-0.15, -0.1) is 11.8 Å². The minimum absolute atomic E-state index is 0.0734. The topological polar surface area (TPSA) is 46.6 Å². The SMILES string of the molecule is CCOC(=O)CSCC(=O)N(C(C)C)C(C)C. The normalized spacial score (nSPS) is 10.8. The number of esters is 1. The molecule has 0 aromatic heterocycles. The van der Waals surface area contributed by atoms with Gasteiger partial charge in [-0.1, -0.05) is 0 Å². The van der Waals surface area contributed by atoms with Crippen molar-refractivity contribution in [2.75, 3.05) is 18.1 Å². The van der Waals surface area contributed by atoms with Gasteiger partial charge in [0, 0.05) is 12.1 Å². The largest absolute Gasteiger partial charge is 0.465 e. The van der Waals surface area contributed by atoms with Gasteiger partial charge in [-0.05, 0) is 34.6 Å². The van der Waals surface area contributed by atoms with Crippen LogP contribution in [0, 0.1) is 0 Å². The van der Waals surface area contributed by atoms with E-state index in [1.165, 1.54) is 11.8 Å². The van der Waals surface area contributed by atoms with Gasteiger partial charge in [0.05, 0.1) is 18.1 Å². The maximum absolute atomic E-state index is 11.9. The molecule has 5 heteroatoms. The average molecular weight is 261 g/mol. The summed E-state index contributed by atoms with van der Waals surface area (Å²) in [5.41, 5.74) is 0. The zero-order valence-electron chi connectivity index (χ0n) is 11.4. The van der Waals surface area contributed by atoms with Crippen LogP contribution in [0.25, 0.3) is 0 Å². The third-order valence-electron chi connectivity index (χ3n) is 2.15. The second-order valence-electron chi connectivity index (χ2n) is 4.29. The lowest BCUT2D eigenvalue weighted by Crippen LogP contribution is -2.43. The highest BCUT2D eigenvalue weighted by molar-refractivity contribution is 8.00. The fraction of sp³-hybridized carbons (Fsp3) is 0.833. The predicted octanol–water partition coefficient (Wildman–Crippen LogP) is 1.93. The van der Waals surface area contributed by atoms with Gasteiger partial charge in [0.25, 0.3) is 0 Å². The Hall–Kier alpha value is -0.710. The van der Waals surface area contributed by atoms with E-state index in [1.807, 2.05) is 32.6 Å². The first kappa shape index (κ1) is 16.3. The van der Waals surface area contributed by atoms with E-state index in [9.17, 15) is 9.59 Å². The summed E-state index contributed by atoms with van der Waals surface area (Å²) in [6.07, 6.45) is 0. The number of carbonyl (C=O) groups is 2. The van der Waals surface area contributed by atoms with E-state index in [4.69, 9.17) is 4.74 Å². The summed E-state index contributed by atoms with van der Waals surface area (Å²) in [4.78, 5) is 24.8. The van der Waals surface area contributed by atoms with Crippen LogP contribution in [-0.4, -0.2) is 47.0 Å². The van der Waals surface area contributed by atoms with E-state index in [1.54, 1.807) is 6.92 Å². The molecule has 17 heavy (non-hydrogen) atoms. The average Bonchev–Trinajstić information content (AvgIpc) is 2.16. The quantitative estimate of drug-likeness (QED) is 0.657. The van der Waals surface area contributed by atoms with Gasteiger partial charge < -0.3 is 9.64 Å². The molecule has 0 heterocycles. The summed E-state index contributed by atoms with van der Waals surface area (Å²) in [5, 5.41) is 0. The van der Waals surface area contributed by atoms with Crippen LogP contribution in [0.15, 0.2) is 0 Å². The van der Waals surface area contributed by atoms with Crippen LogP contribution in [0.1, 0.15) is 34.6 Å². The molecule has 0 aliphatic carbocycles. The van der Waals surface area contributed by atoms with Crippen LogP contribution >= 0.6 is 11.8 Å².